The molecule has 2 aromatic carbocycles. The van der Waals surface area contributed by atoms with E-state index >= 15 is 0 Å². The molecule has 6 nitrogen and oxygen atoms in total. The molecule has 0 unspecified atom stereocenters. The number of rotatable bonds is 9. The summed E-state index contributed by atoms with van der Waals surface area (Å²) in [6, 6.07) is 7.82. The smallest absolute Gasteiger partial charge is 0.331 e. The summed E-state index contributed by atoms with van der Waals surface area (Å²) in [4.78, 5) is 24.1. The fourth-order valence-corrected chi connectivity index (χ4v) is 2.43. The molecule has 0 aliphatic rings. The highest BCUT2D eigenvalue weighted by atomic mass is 19.1. The van der Waals surface area contributed by atoms with Crippen molar-refractivity contribution in [2.75, 3.05) is 18.5 Å². The summed E-state index contributed by atoms with van der Waals surface area (Å²) >= 11 is 0. The average Bonchev–Trinajstić information content (AvgIpc) is 2.71. The molecule has 8 heteroatoms. The molecule has 0 bridgehead atoms. The Labute approximate surface area is 173 Å². The van der Waals surface area contributed by atoms with Gasteiger partial charge in [-0.3, -0.25) is 4.79 Å². The molecule has 0 radical (unpaired) electrons. The van der Waals surface area contributed by atoms with Crippen LogP contribution in [0.2, 0.25) is 0 Å². The van der Waals surface area contributed by atoms with Crippen molar-refractivity contribution in [1.82, 2.24) is 0 Å². The SMILES string of the molecule is CCOc1ccc(/C=C/C(=O)O[C@H](C)C(=O)Nc2cc(F)ccc2F)cc1OCC. The molecule has 0 aromatic heterocycles. The Morgan fingerprint density at radius 1 is 1.03 bits per heavy atom. The van der Waals surface area contributed by atoms with Gasteiger partial charge < -0.3 is 19.5 Å². The minimum absolute atomic E-state index is 0.337. The van der Waals surface area contributed by atoms with Crippen molar-refractivity contribution in [3.05, 3.63) is 59.7 Å². The lowest BCUT2D eigenvalue weighted by atomic mass is 10.2. The predicted octanol–water partition coefficient (Wildman–Crippen LogP) is 4.35. The molecule has 0 aliphatic carbocycles. The van der Waals surface area contributed by atoms with Gasteiger partial charge in [0.25, 0.3) is 5.91 Å². The third-order valence-corrected chi connectivity index (χ3v) is 3.83. The molecule has 0 spiro atoms. The highest BCUT2D eigenvalue weighted by Gasteiger charge is 2.18. The number of anilines is 1. The first-order chi connectivity index (χ1) is 14.3. The molecule has 0 saturated carbocycles. The summed E-state index contributed by atoms with van der Waals surface area (Å²) in [5.41, 5.74) is 0.328. The summed E-state index contributed by atoms with van der Waals surface area (Å²) in [6.07, 6.45) is 1.43. The van der Waals surface area contributed by atoms with Crippen LogP contribution < -0.4 is 14.8 Å². The van der Waals surface area contributed by atoms with E-state index in [0.29, 0.717) is 30.3 Å². The van der Waals surface area contributed by atoms with Gasteiger partial charge in [-0.15, -0.1) is 0 Å². The summed E-state index contributed by atoms with van der Waals surface area (Å²) in [5.74, 6) is -1.94. The molecule has 160 valence electrons. The van der Waals surface area contributed by atoms with E-state index in [9.17, 15) is 18.4 Å². The Bertz CT molecular complexity index is 930. The molecule has 1 atom stereocenters. The number of benzene rings is 2. The lowest BCUT2D eigenvalue weighted by Crippen LogP contribution is -2.29. The lowest BCUT2D eigenvalue weighted by molar-refractivity contribution is -0.148. The first kappa shape index (κ1) is 22.9. The van der Waals surface area contributed by atoms with Gasteiger partial charge in [0, 0.05) is 12.1 Å². The molecule has 30 heavy (non-hydrogen) atoms. The molecule has 2 aromatic rings. The molecule has 1 amide bonds. The van der Waals surface area contributed by atoms with Crippen molar-refractivity contribution in [2.45, 2.75) is 26.9 Å². The van der Waals surface area contributed by atoms with E-state index in [1.54, 1.807) is 18.2 Å². The second-order valence-corrected chi connectivity index (χ2v) is 6.10. The Hall–Kier alpha value is -3.42. The molecule has 0 saturated heterocycles. The molecule has 0 aliphatic heterocycles. The molecule has 0 heterocycles. The quantitative estimate of drug-likeness (QED) is 0.483. The first-order valence-corrected chi connectivity index (χ1v) is 9.38. The summed E-state index contributed by atoms with van der Waals surface area (Å²) in [5, 5.41) is 2.18. The molecule has 0 fully saturated rings. The van der Waals surface area contributed by atoms with Gasteiger partial charge in [0.15, 0.2) is 17.6 Å². The topological polar surface area (TPSA) is 73.9 Å². The monoisotopic (exact) mass is 419 g/mol. The Kier molecular flexibility index (Phi) is 8.34. The maximum Gasteiger partial charge on any atom is 0.331 e. The zero-order valence-electron chi connectivity index (χ0n) is 16.9. The van der Waals surface area contributed by atoms with Crippen LogP contribution in [-0.4, -0.2) is 31.2 Å². The van der Waals surface area contributed by atoms with Crippen LogP contribution in [0.5, 0.6) is 11.5 Å². The maximum absolute atomic E-state index is 13.6. The van der Waals surface area contributed by atoms with Gasteiger partial charge in [-0.2, -0.15) is 0 Å². The van der Waals surface area contributed by atoms with Crippen molar-refractivity contribution < 1.29 is 32.6 Å². The zero-order chi connectivity index (χ0) is 22.1. The predicted molar refractivity (Wildman–Crippen MR) is 108 cm³/mol. The van der Waals surface area contributed by atoms with E-state index in [-0.39, 0.29) is 5.69 Å². The van der Waals surface area contributed by atoms with Gasteiger partial charge in [0.05, 0.1) is 18.9 Å². The van der Waals surface area contributed by atoms with Crippen LogP contribution in [0.25, 0.3) is 6.08 Å². The van der Waals surface area contributed by atoms with Gasteiger partial charge in [0.2, 0.25) is 0 Å². The van der Waals surface area contributed by atoms with Crippen molar-refractivity contribution in [2.24, 2.45) is 0 Å². The number of ether oxygens (including phenoxy) is 3. The van der Waals surface area contributed by atoms with Gasteiger partial charge in [-0.05, 0) is 56.7 Å². The summed E-state index contributed by atoms with van der Waals surface area (Å²) < 4.78 is 42.8. The number of esters is 1. The third kappa shape index (κ3) is 6.58. The van der Waals surface area contributed by atoms with E-state index in [0.717, 1.165) is 24.3 Å². The molecular weight excluding hydrogens is 396 g/mol. The van der Waals surface area contributed by atoms with Crippen molar-refractivity contribution >= 4 is 23.6 Å². The Balaban J connectivity index is 1.98. The second-order valence-electron chi connectivity index (χ2n) is 6.10. The van der Waals surface area contributed by atoms with E-state index in [1.165, 1.54) is 13.0 Å². The minimum atomic E-state index is -1.22. The van der Waals surface area contributed by atoms with Gasteiger partial charge >= 0.3 is 5.97 Å². The Morgan fingerprint density at radius 3 is 2.43 bits per heavy atom. The lowest BCUT2D eigenvalue weighted by Gasteiger charge is -2.13. The Morgan fingerprint density at radius 2 is 1.73 bits per heavy atom. The number of halogens is 2. The average molecular weight is 419 g/mol. The van der Waals surface area contributed by atoms with E-state index < -0.39 is 29.6 Å². The summed E-state index contributed by atoms with van der Waals surface area (Å²) in [6.45, 7) is 5.97. The van der Waals surface area contributed by atoms with Crippen molar-refractivity contribution in [3.8, 4) is 11.5 Å². The standard InChI is InChI=1S/C22H23F2NO5/c1-4-28-19-10-6-15(12-20(19)29-5-2)7-11-21(26)30-14(3)22(27)25-18-13-16(23)8-9-17(18)24/h6-14H,4-5H2,1-3H3,(H,25,27)/b11-7+/t14-/m1/s1. The van der Waals surface area contributed by atoms with E-state index in [4.69, 9.17) is 14.2 Å². The normalized spacial score (nSPS) is 11.8. The molecular formula is C22H23F2NO5. The highest BCUT2D eigenvalue weighted by molar-refractivity contribution is 5.96. The minimum Gasteiger partial charge on any atom is -0.490 e. The van der Waals surface area contributed by atoms with Crippen molar-refractivity contribution in [3.63, 3.8) is 0 Å². The third-order valence-electron chi connectivity index (χ3n) is 3.83. The van der Waals surface area contributed by atoms with Crippen LogP contribution in [0.1, 0.15) is 26.3 Å². The van der Waals surface area contributed by atoms with Gasteiger partial charge in [0.1, 0.15) is 11.6 Å². The number of carbonyl (C=O) groups is 2. The number of hydrogen-bond acceptors (Lipinski definition) is 5. The summed E-state index contributed by atoms with van der Waals surface area (Å²) in [7, 11) is 0. The largest absolute Gasteiger partial charge is 0.490 e. The fraction of sp³-hybridized carbons (Fsp3) is 0.273. The number of nitrogens with one attached hydrogen (secondary N) is 1. The van der Waals surface area contributed by atoms with Gasteiger partial charge in [-0.25, -0.2) is 13.6 Å². The van der Waals surface area contributed by atoms with Crippen LogP contribution >= 0.6 is 0 Å². The van der Waals surface area contributed by atoms with Crippen LogP contribution in [0.4, 0.5) is 14.5 Å². The van der Waals surface area contributed by atoms with Crippen LogP contribution in [0.15, 0.2) is 42.5 Å². The maximum atomic E-state index is 13.6. The molecule has 1 N–H and O–H groups in total. The van der Waals surface area contributed by atoms with Crippen LogP contribution in [0.3, 0.4) is 0 Å². The number of carbonyl (C=O) groups excluding carboxylic acids is 2. The number of amides is 1. The van der Waals surface area contributed by atoms with E-state index in [2.05, 4.69) is 5.32 Å². The number of hydrogen-bond donors (Lipinski definition) is 1. The second kappa shape index (κ2) is 10.9. The van der Waals surface area contributed by atoms with Crippen molar-refractivity contribution in [1.29, 1.82) is 0 Å². The fourth-order valence-electron chi connectivity index (χ4n) is 2.43. The van der Waals surface area contributed by atoms with Gasteiger partial charge in [-0.1, -0.05) is 6.07 Å². The highest BCUT2D eigenvalue weighted by Crippen LogP contribution is 2.29. The van der Waals surface area contributed by atoms with Crippen LogP contribution in [-0.2, 0) is 14.3 Å². The first-order valence-electron chi connectivity index (χ1n) is 9.38. The van der Waals surface area contributed by atoms with E-state index in [1.807, 2.05) is 13.8 Å². The zero-order valence-corrected chi connectivity index (χ0v) is 16.9. The molecule has 2 rings (SSSR count). The van der Waals surface area contributed by atoms with Crippen LogP contribution in [0, 0.1) is 11.6 Å².